The molecule has 1 unspecified atom stereocenters. The lowest BCUT2D eigenvalue weighted by Crippen LogP contribution is -2.27. The summed E-state index contributed by atoms with van der Waals surface area (Å²) in [4.78, 5) is 12.2. The number of aliphatic hydroxyl groups is 1. The highest BCUT2D eigenvalue weighted by Crippen LogP contribution is 2.12. The molecule has 0 rings (SSSR count). The Kier molecular flexibility index (Phi) is 38.2. The second-order valence-corrected chi connectivity index (χ2v) is 12.6. The minimum Gasteiger partial charge on any atom is -0.457 e. The molecule has 0 aliphatic carbocycles. The lowest BCUT2D eigenvalue weighted by Gasteiger charge is -2.15. The molecule has 0 radical (unpaired) electrons. The van der Waals surface area contributed by atoms with Crippen molar-refractivity contribution in [3.8, 4) is 0 Å². The first-order valence-electron chi connectivity index (χ1n) is 19.5. The van der Waals surface area contributed by atoms with Gasteiger partial charge in [0.15, 0.2) is 0 Å². The van der Waals surface area contributed by atoms with Crippen molar-refractivity contribution in [3.63, 3.8) is 0 Å². The highest BCUT2D eigenvalue weighted by Gasteiger charge is 2.13. The summed E-state index contributed by atoms with van der Waals surface area (Å²) in [6.45, 7) is 5.15. The smallest absolute Gasteiger partial charge is 0.306 e. The number of aliphatic hydroxyl groups excluding tert-OH is 1. The second kappa shape index (κ2) is 40.0. The molecular weight excluding hydrogens is 580 g/mol. The zero-order valence-corrected chi connectivity index (χ0v) is 30.8. The van der Waals surface area contributed by atoms with E-state index >= 15 is 0 Å². The molecule has 0 bridgehead atoms. The van der Waals surface area contributed by atoms with Crippen LogP contribution in [0.15, 0.2) is 72.9 Å². The molecule has 1 N–H and O–H groups in total. The molecule has 0 amide bonds. The van der Waals surface area contributed by atoms with Gasteiger partial charge in [0.2, 0.25) is 0 Å². The van der Waals surface area contributed by atoms with Gasteiger partial charge in [-0.2, -0.15) is 0 Å². The molecule has 0 saturated heterocycles. The maximum absolute atomic E-state index is 12.2. The number of unbranched alkanes of at least 4 members (excludes halogenated alkanes) is 15. The molecule has 0 aliphatic rings. The van der Waals surface area contributed by atoms with Crippen LogP contribution in [0.5, 0.6) is 0 Å². The normalized spacial score (nSPS) is 13.2. The Hall–Kier alpha value is -2.17. The van der Waals surface area contributed by atoms with E-state index in [2.05, 4.69) is 86.8 Å². The first-order valence-corrected chi connectivity index (χ1v) is 19.5. The quantitative estimate of drug-likeness (QED) is 0.0420. The van der Waals surface area contributed by atoms with E-state index in [1.165, 1.54) is 83.5 Å². The summed E-state index contributed by atoms with van der Waals surface area (Å²) in [6.07, 6.45) is 53.7. The Bertz CT molecular complexity index is 820. The van der Waals surface area contributed by atoms with E-state index in [0.717, 1.165) is 64.2 Å². The lowest BCUT2D eigenvalue weighted by atomic mass is 10.1. The fraction of sp³-hybridized carbons (Fsp3) is 0.698. The van der Waals surface area contributed by atoms with Crippen LogP contribution in [0.25, 0.3) is 0 Å². The molecule has 47 heavy (non-hydrogen) atoms. The van der Waals surface area contributed by atoms with Crippen LogP contribution in [0.3, 0.4) is 0 Å². The van der Waals surface area contributed by atoms with Gasteiger partial charge in [0.1, 0.15) is 6.10 Å². The fourth-order valence-corrected chi connectivity index (χ4v) is 5.11. The van der Waals surface area contributed by atoms with Crippen molar-refractivity contribution in [1.29, 1.82) is 0 Å². The molecule has 0 spiro atoms. The van der Waals surface area contributed by atoms with Gasteiger partial charge in [0.05, 0.1) is 13.2 Å². The zero-order valence-electron chi connectivity index (χ0n) is 30.8. The maximum atomic E-state index is 12.2. The monoisotopic (exact) mass is 655 g/mol. The number of allylic oxidation sites excluding steroid dienone is 12. The molecule has 0 saturated carbocycles. The third-order valence-electron chi connectivity index (χ3n) is 8.02. The van der Waals surface area contributed by atoms with E-state index in [1.54, 1.807) is 0 Å². The molecular formula is C43H74O4. The van der Waals surface area contributed by atoms with Crippen LogP contribution in [-0.2, 0) is 14.3 Å². The maximum Gasteiger partial charge on any atom is 0.306 e. The summed E-state index contributed by atoms with van der Waals surface area (Å²) in [7, 11) is 0. The summed E-state index contributed by atoms with van der Waals surface area (Å²) in [5.74, 6) is -0.219. The van der Waals surface area contributed by atoms with Gasteiger partial charge in [0, 0.05) is 13.0 Å². The Morgan fingerprint density at radius 2 is 0.957 bits per heavy atom. The van der Waals surface area contributed by atoms with Crippen molar-refractivity contribution in [2.75, 3.05) is 19.8 Å². The van der Waals surface area contributed by atoms with Crippen molar-refractivity contribution in [2.45, 2.75) is 174 Å². The van der Waals surface area contributed by atoms with Crippen LogP contribution in [0, 0.1) is 0 Å². The fourth-order valence-electron chi connectivity index (χ4n) is 5.11. The van der Waals surface area contributed by atoms with Gasteiger partial charge in [-0.3, -0.25) is 4.79 Å². The summed E-state index contributed by atoms with van der Waals surface area (Å²) in [6, 6.07) is 0. The number of esters is 1. The van der Waals surface area contributed by atoms with Gasteiger partial charge in [-0.05, 0) is 83.5 Å². The molecule has 4 heteroatoms. The average molecular weight is 655 g/mol. The summed E-state index contributed by atoms with van der Waals surface area (Å²) in [5, 5.41) is 9.58. The lowest BCUT2D eigenvalue weighted by molar-refractivity contribution is -0.154. The predicted molar refractivity (Wildman–Crippen MR) is 205 cm³/mol. The molecule has 4 nitrogen and oxygen atoms in total. The predicted octanol–water partition coefficient (Wildman–Crippen LogP) is 12.6. The Morgan fingerprint density at radius 3 is 1.45 bits per heavy atom. The number of carbonyl (C=O) groups excluding carboxylic acids is 1. The third kappa shape index (κ3) is 38.2. The van der Waals surface area contributed by atoms with Crippen molar-refractivity contribution < 1.29 is 19.4 Å². The molecule has 0 aliphatic heterocycles. The van der Waals surface area contributed by atoms with Crippen LogP contribution in [0.1, 0.15) is 168 Å². The van der Waals surface area contributed by atoms with E-state index in [-0.39, 0.29) is 19.2 Å². The van der Waals surface area contributed by atoms with Gasteiger partial charge >= 0.3 is 5.97 Å². The standard InChI is InChI=1S/C43H74O4/c1-3-5-7-9-11-13-15-17-19-21-23-25-27-29-31-33-35-37-39-46-41-42(40-44)47-43(45)38-36-34-32-30-28-26-24-22-20-18-16-14-12-10-8-6-4-2/h5,7,11-14,17-20,23,25,42,44H,3-4,6,8-10,15-16,21-22,24,26-41H2,1-2H3/b7-5-,13-11-,14-12-,19-17-,20-18-,25-23-. The van der Waals surface area contributed by atoms with E-state index in [4.69, 9.17) is 9.47 Å². The topological polar surface area (TPSA) is 55.8 Å². The largest absolute Gasteiger partial charge is 0.457 e. The number of rotatable bonds is 35. The SMILES string of the molecule is CC/C=C\C/C=C\C/C=C\C/C=C\CCCCCCCOCC(CO)OC(=O)CCCCCCCCC/C=C\C/C=C\CCCCC. The Morgan fingerprint density at radius 1 is 0.532 bits per heavy atom. The van der Waals surface area contributed by atoms with Gasteiger partial charge in [-0.25, -0.2) is 0 Å². The third-order valence-corrected chi connectivity index (χ3v) is 8.02. The second-order valence-electron chi connectivity index (χ2n) is 12.6. The zero-order chi connectivity index (χ0) is 34.1. The van der Waals surface area contributed by atoms with Crippen molar-refractivity contribution in [1.82, 2.24) is 0 Å². The van der Waals surface area contributed by atoms with Crippen LogP contribution in [0.4, 0.5) is 0 Å². The van der Waals surface area contributed by atoms with Gasteiger partial charge in [-0.1, -0.05) is 151 Å². The molecule has 270 valence electrons. The Balaban J connectivity index is 3.52. The number of carbonyl (C=O) groups is 1. The Labute approximate surface area is 291 Å². The molecule has 0 aromatic heterocycles. The van der Waals surface area contributed by atoms with Crippen molar-refractivity contribution in [2.24, 2.45) is 0 Å². The summed E-state index contributed by atoms with van der Waals surface area (Å²) >= 11 is 0. The molecule has 0 fully saturated rings. The van der Waals surface area contributed by atoms with Gasteiger partial charge < -0.3 is 14.6 Å². The van der Waals surface area contributed by atoms with E-state index < -0.39 is 6.10 Å². The minimum atomic E-state index is -0.551. The molecule has 0 aromatic carbocycles. The number of hydrogen-bond acceptors (Lipinski definition) is 4. The molecule has 0 heterocycles. The van der Waals surface area contributed by atoms with Crippen LogP contribution < -0.4 is 0 Å². The average Bonchev–Trinajstić information content (AvgIpc) is 3.08. The summed E-state index contributed by atoms with van der Waals surface area (Å²) < 4.78 is 11.1. The van der Waals surface area contributed by atoms with Crippen molar-refractivity contribution >= 4 is 5.97 Å². The minimum absolute atomic E-state index is 0.187. The van der Waals surface area contributed by atoms with E-state index in [1.807, 2.05) is 0 Å². The first kappa shape index (κ1) is 44.8. The van der Waals surface area contributed by atoms with E-state index in [0.29, 0.717) is 13.0 Å². The highest BCUT2D eigenvalue weighted by atomic mass is 16.6. The molecule has 1 atom stereocenters. The van der Waals surface area contributed by atoms with E-state index in [9.17, 15) is 9.90 Å². The number of ether oxygens (including phenoxy) is 2. The number of hydrogen-bond donors (Lipinski definition) is 1. The van der Waals surface area contributed by atoms with Crippen LogP contribution >= 0.6 is 0 Å². The highest BCUT2D eigenvalue weighted by molar-refractivity contribution is 5.69. The summed E-state index contributed by atoms with van der Waals surface area (Å²) in [5.41, 5.74) is 0. The molecule has 0 aromatic rings. The van der Waals surface area contributed by atoms with Crippen molar-refractivity contribution in [3.05, 3.63) is 72.9 Å². The van der Waals surface area contributed by atoms with Crippen LogP contribution in [-0.4, -0.2) is 37.0 Å². The first-order chi connectivity index (χ1) is 23.2. The van der Waals surface area contributed by atoms with Gasteiger partial charge in [-0.15, -0.1) is 0 Å². The van der Waals surface area contributed by atoms with Gasteiger partial charge in [0.25, 0.3) is 0 Å². The van der Waals surface area contributed by atoms with Crippen LogP contribution in [0.2, 0.25) is 0 Å².